The zero-order chi connectivity index (χ0) is 14.8. The number of rotatable bonds is 4. The number of aliphatic carboxylic acids is 1. The zero-order valence-electron chi connectivity index (χ0n) is 12.1. The van der Waals surface area contributed by atoms with E-state index >= 15 is 0 Å². The lowest BCUT2D eigenvalue weighted by atomic mass is 9.87. The van der Waals surface area contributed by atoms with E-state index in [1.165, 1.54) is 5.56 Å². The third kappa shape index (κ3) is 4.23. The van der Waals surface area contributed by atoms with Gasteiger partial charge in [0, 0.05) is 0 Å². The van der Waals surface area contributed by atoms with Crippen molar-refractivity contribution in [3.8, 4) is 5.75 Å². The fourth-order valence-corrected chi connectivity index (χ4v) is 1.90. The number of benzene rings is 1. The molecule has 0 aliphatic rings. The highest BCUT2D eigenvalue weighted by Gasteiger charge is 2.28. The average molecular weight is 329 g/mol. The van der Waals surface area contributed by atoms with Gasteiger partial charge in [-0.15, -0.1) is 0 Å². The Morgan fingerprint density at radius 1 is 1.26 bits per heavy atom. The van der Waals surface area contributed by atoms with Crippen LogP contribution in [-0.4, -0.2) is 17.7 Å². The molecule has 3 nitrogen and oxygen atoms in total. The van der Waals surface area contributed by atoms with E-state index in [2.05, 4.69) is 36.7 Å². The summed E-state index contributed by atoms with van der Waals surface area (Å²) in [7, 11) is 0. The van der Waals surface area contributed by atoms with Gasteiger partial charge in [-0.2, -0.15) is 0 Å². The third-order valence-electron chi connectivity index (χ3n) is 2.97. The molecule has 19 heavy (non-hydrogen) atoms. The topological polar surface area (TPSA) is 46.5 Å². The van der Waals surface area contributed by atoms with E-state index in [-0.39, 0.29) is 12.0 Å². The van der Waals surface area contributed by atoms with Gasteiger partial charge in [0.05, 0.1) is 9.89 Å². The van der Waals surface area contributed by atoms with Gasteiger partial charge in [0.15, 0.2) is 0 Å². The van der Waals surface area contributed by atoms with Gasteiger partial charge in [-0.25, -0.2) is 0 Å². The Morgan fingerprint density at radius 2 is 1.84 bits per heavy atom. The fraction of sp³-hybridized carbons (Fsp3) is 0.533. The van der Waals surface area contributed by atoms with E-state index in [9.17, 15) is 4.79 Å². The Kier molecular flexibility index (Phi) is 4.67. The SMILES string of the molecule is CC(C)(COc1ccc(C(C)(C)C)cc1Br)C(=O)O. The first kappa shape index (κ1) is 16.0. The summed E-state index contributed by atoms with van der Waals surface area (Å²) in [5.41, 5.74) is 0.369. The molecule has 1 aromatic carbocycles. The predicted octanol–water partition coefficient (Wildman–Crippen LogP) is 4.24. The first-order chi connectivity index (χ1) is 8.54. The Balaban J connectivity index is 2.85. The van der Waals surface area contributed by atoms with Crippen molar-refractivity contribution in [1.82, 2.24) is 0 Å². The van der Waals surface area contributed by atoms with Gasteiger partial charge >= 0.3 is 5.97 Å². The van der Waals surface area contributed by atoms with Crippen molar-refractivity contribution >= 4 is 21.9 Å². The summed E-state index contributed by atoms with van der Waals surface area (Å²) in [4.78, 5) is 11.0. The molecule has 0 aliphatic heterocycles. The van der Waals surface area contributed by atoms with Gasteiger partial charge in [0.25, 0.3) is 0 Å². The van der Waals surface area contributed by atoms with E-state index in [0.717, 1.165) is 4.47 Å². The normalized spacial score (nSPS) is 12.3. The summed E-state index contributed by atoms with van der Waals surface area (Å²) >= 11 is 3.47. The molecule has 0 spiro atoms. The largest absolute Gasteiger partial charge is 0.491 e. The molecule has 0 heterocycles. The van der Waals surface area contributed by atoms with Gasteiger partial charge in [-0.3, -0.25) is 4.79 Å². The van der Waals surface area contributed by atoms with Gasteiger partial charge in [-0.1, -0.05) is 26.8 Å². The lowest BCUT2D eigenvalue weighted by molar-refractivity contribution is -0.148. The van der Waals surface area contributed by atoms with E-state index in [0.29, 0.717) is 5.75 Å². The molecule has 0 aliphatic carbocycles. The molecule has 0 amide bonds. The Bertz CT molecular complexity index is 473. The summed E-state index contributed by atoms with van der Waals surface area (Å²) in [5.74, 6) is -0.197. The molecule has 1 N–H and O–H groups in total. The van der Waals surface area contributed by atoms with Gasteiger partial charge in [-0.05, 0) is 52.9 Å². The molecule has 0 aromatic heterocycles. The quantitative estimate of drug-likeness (QED) is 0.899. The third-order valence-corrected chi connectivity index (χ3v) is 3.59. The average Bonchev–Trinajstić information content (AvgIpc) is 2.25. The summed E-state index contributed by atoms with van der Waals surface area (Å²) in [6.45, 7) is 9.85. The van der Waals surface area contributed by atoms with Crippen molar-refractivity contribution < 1.29 is 14.6 Å². The maximum Gasteiger partial charge on any atom is 0.312 e. The molecule has 0 saturated heterocycles. The number of carboxylic acid groups (broad SMARTS) is 1. The molecule has 1 rings (SSSR count). The van der Waals surface area contributed by atoms with Crippen molar-refractivity contribution in [3.63, 3.8) is 0 Å². The van der Waals surface area contributed by atoms with Crippen LogP contribution in [0.25, 0.3) is 0 Å². The maximum absolute atomic E-state index is 11.0. The van der Waals surface area contributed by atoms with Gasteiger partial charge in [0.2, 0.25) is 0 Å². The van der Waals surface area contributed by atoms with Crippen LogP contribution in [0.15, 0.2) is 22.7 Å². The summed E-state index contributed by atoms with van der Waals surface area (Å²) in [6, 6.07) is 5.90. The predicted molar refractivity (Wildman–Crippen MR) is 79.8 cm³/mol. The van der Waals surface area contributed by atoms with E-state index in [1.807, 2.05) is 18.2 Å². The first-order valence-corrected chi connectivity index (χ1v) is 6.99. The van der Waals surface area contributed by atoms with E-state index in [4.69, 9.17) is 9.84 Å². The minimum atomic E-state index is -0.901. The molecule has 0 radical (unpaired) electrons. The first-order valence-electron chi connectivity index (χ1n) is 6.20. The number of halogens is 1. The van der Waals surface area contributed by atoms with Gasteiger partial charge < -0.3 is 9.84 Å². The molecule has 106 valence electrons. The van der Waals surface area contributed by atoms with Crippen LogP contribution in [-0.2, 0) is 10.2 Å². The standard InChI is InChI=1S/C15H21BrO3/c1-14(2,3)10-6-7-12(11(16)8-10)19-9-15(4,5)13(17)18/h6-8H,9H2,1-5H3,(H,17,18). The molecule has 4 heteroatoms. The van der Waals surface area contributed by atoms with Gasteiger partial charge in [0.1, 0.15) is 12.4 Å². The van der Waals surface area contributed by atoms with Crippen LogP contribution in [0.2, 0.25) is 0 Å². The smallest absolute Gasteiger partial charge is 0.312 e. The lowest BCUT2D eigenvalue weighted by Crippen LogP contribution is -2.30. The Labute approximate surface area is 123 Å². The monoisotopic (exact) mass is 328 g/mol. The van der Waals surface area contributed by atoms with Crippen LogP contribution in [0.1, 0.15) is 40.2 Å². The highest BCUT2D eigenvalue weighted by Crippen LogP contribution is 2.32. The second-order valence-corrected chi connectivity index (χ2v) is 7.23. The van der Waals surface area contributed by atoms with E-state index in [1.54, 1.807) is 13.8 Å². The zero-order valence-corrected chi connectivity index (χ0v) is 13.7. The van der Waals surface area contributed by atoms with Crippen molar-refractivity contribution in [3.05, 3.63) is 28.2 Å². The lowest BCUT2D eigenvalue weighted by Gasteiger charge is -2.22. The van der Waals surface area contributed by atoms with Crippen molar-refractivity contribution in [2.24, 2.45) is 5.41 Å². The Hall–Kier alpha value is -1.03. The minimum absolute atomic E-state index is 0.0708. The number of carbonyl (C=O) groups is 1. The molecule has 1 aromatic rings. The van der Waals surface area contributed by atoms with Crippen molar-refractivity contribution in [1.29, 1.82) is 0 Å². The summed E-state index contributed by atoms with van der Waals surface area (Å²) in [6.07, 6.45) is 0. The molecule has 0 bridgehead atoms. The number of hydrogen-bond donors (Lipinski definition) is 1. The minimum Gasteiger partial charge on any atom is -0.491 e. The maximum atomic E-state index is 11.0. The fourth-order valence-electron chi connectivity index (χ4n) is 1.40. The van der Waals surface area contributed by atoms with Crippen molar-refractivity contribution in [2.75, 3.05) is 6.61 Å². The highest BCUT2D eigenvalue weighted by molar-refractivity contribution is 9.10. The highest BCUT2D eigenvalue weighted by atomic mass is 79.9. The second kappa shape index (κ2) is 5.53. The number of ether oxygens (including phenoxy) is 1. The number of carboxylic acids is 1. The van der Waals surface area contributed by atoms with Crippen LogP contribution >= 0.6 is 15.9 Å². The molecule has 0 unspecified atom stereocenters. The second-order valence-electron chi connectivity index (χ2n) is 6.37. The van der Waals surface area contributed by atoms with E-state index < -0.39 is 11.4 Å². The molecular formula is C15H21BrO3. The Morgan fingerprint density at radius 3 is 2.26 bits per heavy atom. The molecule has 0 fully saturated rings. The van der Waals surface area contributed by atoms with Crippen LogP contribution in [0.3, 0.4) is 0 Å². The summed E-state index contributed by atoms with van der Waals surface area (Å²) in [5, 5.41) is 9.05. The molecular weight excluding hydrogens is 308 g/mol. The molecule has 0 atom stereocenters. The van der Waals surface area contributed by atoms with Crippen LogP contribution < -0.4 is 4.74 Å². The molecule has 0 saturated carbocycles. The van der Waals surface area contributed by atoms with Crippen LogP contribution in [0, 0.1) is 5.41 Å². The van der Waals surface area contributed by atoms with Crippen LogP contribution in [0.5, 0.6) is 5.75 Å². The number of hydrogen-bond acceptors (Lipinski definition) is 2. The van der Waals surface area contributed by atoms with Crippen LogP contribution in [0.4, 0.5) is 0 Å². The van der Waals surface area contributed by atoms with Crippen molar-refractivity contribution in [2.45, 2.75) is 40.0 Å². The summed E-state index contributed by atoms with van der Waals surface area (Å²) < 4.78 is 6.45.